The first kappa shape index (κ1) is 17.7. The van der Waals surface area contributed by atoms with E-state index in [9.17, 15) is 0 Å². The second kappa shape index (κ2) is 8.33. The average Bonchev–Trinajstić information content (AvgIpc) is 2.99. The van der Waals surface area contributed by atoms with Crippen molar-refractivity contribution >= 4 is 17.0 Å². The predicted octanol–water partition coefficient (Wildman–Crippen LogP) is 1.99. The smallest absolute Gasteiger partial charge is 0.320 e. The van der Waals surface area contributed by atoms with Crippen LogP contribution in [0.25, 0.3) is 11.2 Å². The Bertz CT molecular complexity index is 696. The van der Waals surface area contributed by atoms with Gasteiger partial charge >= 0.3 is 6.01 Å². The molecule has 0 bridgehead atoms. The number of anilines is 1. The summed E-state index contributed by atoms with van der Waals surface area (Å²) >= 11 is 0. The zero-order chi connectivity index (χ0) is 17.6. The third kappa shape index (κ3) is 4.12. The standard InChI is InChI=1S/C17H28N6O2/c1-3-4-11-25-16-21-14(18)13-15(22-16)23(17(20-13)24-2)10-7-12-5-8-19-9-6-12/h12,19H,3-11H2,1-2H3,(H2,18,21,22). The van der Waals surface area contributed by atoms with Gasteiger partial charge in [-0.15, -0.1) is 0 Å². The van der Waals surface area contributed by atoms with Gasteiger partial charge in [0.25, 0.3) is 6.01 Å². The molecule has 2 aromatic rings. The number of aromatic nitrogens is 4. The van der Waals surface area contributed by atoms with Gasteiger partial charge in [0, 0.05) is 6.54 Å². The minimum absolute atomic E-state index is 0.309. The summed E-state index contributed by atoms with van der Waals surface area (Å²) in [6, 6.07) is 0.833. The molecule has 0 aromatic carbocycles. The van der Waals surface area contributed by atoms with Crippen molar-refractivity contribution in [3.8, 4) is 12.0 Å². The highest BCUT2D eigenvalue weighted by molar-refractivity contribution is 5.83. The molecule has 0 unspecified atom stereocenters. The van der Waals surface area contributed by atoms with Crippen molar-refractivity contribution in [2.75, 3.05) is 32.5 Å². The molecule has 3 rings (SSSR count). The highest BCUT2D eigenvalue weighted by atomic mass is 16.5. The summed E-state index contributed by atoms with van der Waals surface area (Å²) in [6.07, 6.45) is 5.49. The third-order valence-corrected chi connectivity index (χ3v) is 4.70. The number of nitrogen functional groups attached to an aromatic ring is 1. The van der Waals surface area contributed by atoms with Crippen LogP contribution in [0, 0.1) is 5.92 Å². The lowest BCUT2D eigenvalue weighted by Gasteiger charge is -2.22. The minimum atomic E-state index is 0.309. The van der Waals surface area contributed by atoms with Gasteiger partial charge in [-0.25, -0.2) is 0 Å². The van der Waals surface area contributed by atoms with Crippen LogP contribution in [0.5, 0.6) is 12.0 Å². The van der Waals surface area contributed by atoms with Crippen LogP contribution in [0.3, 0.4) is 0 Å². The molecule has 1 aliphatic rings. The number of piperidine rings is 1. The van der Waals surface area contributed by atoms with Gasteiger partial charge in [0.1, 0.15) is 0 Å². The summed E-state index contributed by atoms with van der Waals surface area (Å²) < 4.78 is 13.1. The monoisotopic (exact) mass is 348 g/mol. The number of methoxy groups -OCH3 is 1. The third-order valence-electron chi connectivity index (χ3n) is 4.70. The van der Waals surface area contributed by atoms with Crippen molar-refractivity contribution in [1.82, 2.24) is 24.8 Å². The largest absolute Gasteiger partial charge is 0.468 e. The van der Waals surface area contributed by atoms with E-state index in [0.29, 0.717) is 41.5 Å². The second-order valence-corrected chi connectivity index (χ2v) is 6.50. The fraction of sp³-hybridized carbons (Fsp3) is 0.706. The summed E-state index contributed by atoms with van der Waals surface area (Å²) in [7, 11) is 1.62. The zero-order valence-corrected chi connectivity index (χ0v) is 15.1. The molecule has 0 amide bonds. The molecule has 0 radical (unpaired) electrons. The Kier molecular flexibility index (Phi) is 5.91. The first-order valence-electron chi connectivity index (χ1n) is 9.14. The molecular formula is C17H28N6O2. The van der Waals surface area contributed by atoms with Crippen molar-refractivity contribution in [3.05, 3.63) is 0 Å². The van der Waals surface area contributed by atoms with Crippen LogP contribution in [0.4, 0.5) is 5.82 Å². The molecular weight excluding hydrogens is 320 g/mol. The molecule has 1 aliphatic heterocycles. The number of hydrogen-bond donors (Lipinski definition) is 2. The Hall–Kier alpha value is -2.09. The highest BCUT2D eigenvalue weighted by Gasteiger charge is 2.20. The van der Waals surface area contributed by atoms with Crippen molar-refractivity contribution < 1.29 is 9.47 Å². The first-order chi connectivity index (χ1) is 12.2. The highest BCUT2D eigenvalue weighted by Crippen LogP contribution is 2.27. The molecule has 0 saturated carbocycles. The van der Waals surface area contributed by atoms with Crippen molar-refractivity contribution in [3.63, 3.8) is 0 Å². The average molecular weight is 348 g/mol. The summed E-state index contributed by atoms with van der Waals surface area (Å²) in [5.41, 5.74) is 7.33. The number of ether oxygens (including phenoxy) is 2. The van der Waals surface area contributed by atoms with E-state index in [1.165, 1.54) is 12.8 Å². The zero-order valence-electron chi connectivity index (χ0n) is 15.1. The Morgan fingerprint density at radius 2 is 2.04 bits per heavy atom. The van der Waals surface area contributed by atoms with Gasteiger partial charge in [-0.1, -0.05) is 13.3 Å². The Morgan fingerprint density at radius 3 is 2.76 bits per heavy atom. The van der Waals surface area contributed by atoms with Crippen LogP contribution < -0.4 is 20.5 Å². The van der Waals surface area contributed by atoms with Gasteiger partial charge in [0.05, 0.1) is 13.7 Å². The summed E-state index contributed by atoms with van der Waals surface area (Å²) in [6.45, 7) is 5.69. The molecule has 3 heterocycles. The Labute approximate surface area is 148 Å². The van der Waals surface area contributed by atoms with E-state index in [0.717, 1.165) is 38.9 Å². The number of hydrogen-bond acceptors (Lipinski definition) is 7. The van der Waals surface area contributed by atoms with Crippen LogP contribution in [0.1, 0.15) is 39.0 Å². The maximum atomic E-state index is 6.07. The normalized spacial score (nSPS) is 15.6. The van der Waals surface area contributed by atoms with Crippen LogP contribution in [0.15, 0.2) is 0 Å². The summed E-state index contributed by atoms with van der Waals surface area (Å²) in [5.74, 6) is 1.04. The van der Waals surface area contributed by atoms with Gasteiger partial charge in [-0.05, 0) is 44.7 Å². The maximum Gasteiger partial charge on any atom is 0.320 e. The number of rotatable bonds is 8. The molecule has 8 nitrogen and oxygen atoms in total. The number of nitrogens with zero attached hydrogens (tertiary/aromatic N) is 4. The fourth-order valence-corrected chi connectivity index (χ4v) is 3.19. The molecule has 0 aliphatic carbocycles. The van der Waals surface area contributed by atoms with Crippen molar-refractivity contribution in [2.45, 2.75) is 45.6 Å². The molecule has 3 N–H and O–H groups in total. The number of unbranched alkanes of at least 4 members (excludes halogenated alkanes) is 1. The SMILES string of the molecule is CCCCOc1nc(N)c2nc(OC)n(CCC3CCNCC3)c2n1. The van der Waals surface area contributed by atoms with Crippen LogP contribution >= 0.6 is 0 Å². The predicted molar refractivity (Wildman–Crippen MR) is 96.9 cm³/mol. The van der Waals surface area contributed by atoms with Gasteiger partial charge in [0.2, 0.25) is 0 Å². The van der Waals surface area contributed by atoms with E-state index in [1.54, 1.807) is 7.11 Å². The van der Waals surface area contributed by atoms with Gasteiger partial charge < -0.3 is 20.5 Å². The second-order valence-electron chi connectivity index (χ2n) is 6.50. The molecule has 25 heavy (non-hydrogen) atoms. The minimum Gasteiger partial charge on any atom is -0.468 e. The van der Waals surface area contributed by atoms with E-state index in [1.807, 2.05) is 4.57 Å². The number of nitrogens with one attached hydrogen (secondary N) is 1. The van der Waals surface area contributed by atoms with E-state index >= 15 is 0 Å². The van der Waals surface area contributed by atoms with Crippen LogP contribution in [0.2, 0.25) is 0 Å². The van der Waals surface area contributed by atoms with Crippen LogP contribution in [-0.2, 0) is 6.54 Å². The maximum absolute atomic E-state index is 6.07. The molecule has 138 valence electrons. The quantitative estimate of drug-likeness (QED) is 0.704. The van der Waals surface area contributed by atoms with E-state index < -0.39 is 0 Å². The molecule has 2 aromatic heterocycles. The molecule has 0 atom stereocenters. The van der Waals surface area contributed by atoms with Gasteiger partial charge in [0.15, 0.2) is 17.0 Å². The van der Waals surface area contributed by atoms with E-state index in [4.69, 9.17) is 15.2 Å². The first-order valence-corrected chi connectivity index (χ1v) is 9.14. The Balaban J connectivity index is 1.83. The van der Waals surface area contributed by atoms with Crippen LogP contribution in [-0.4, -0.2) is 46.3 Å². The molecule has 0 spiro atoms. The molecule has 1 fully saturated rings. The van der Waals surface area contributed by atoms with Gasteiger partial charge in [-0.2, -0.15) is 15.0 Å². The summed E-state index contributed by atoms with van der Waals surface area (Å²) in [5, 5.41) is 3.40. The van der Waals surface area contributed by atoms with E-state index in [-0.39, 0.29) is 0 Å². The van der Waals surface area contributed by atoms with E-state index in [2.05, 4.69) is 27.2 Å². The number of nitrogens with two attached hydrogens (primary N) is 1. The number of fused-ring (bicyclic) bond motifs is 1. The lowest BCUT2D eigenvalue weighted by molar-refractivity contribution is 0.286. The topological polar surface area (TPSA) is 100 Å². The number of aryl methyl sites for hydroxylation is 1. The Morgan fingerprint density at radius 1 is 1.24 bits per heavy atom. The lowest BCUT2D eigenvalue weighted by Crippen LogP contribution is -2.28. The molecule has 1 saturated heterocycles. The van der Waals surface area contributed by atoms with Crippen molar-refractivity contribution in [1.29, 1.82) is 0 Å². The molecule has 8 heteroatoms. The van der Waals surface area contributed by atoms with Crippen molar-refractivity contribution in [2.24, 2.45) is 5.92 Å². The summed E-state index contributed by atoms with van der Waals surface area (Å²) in [4.78, 5) is 13.2. The van der Waals surface area contributed by atoms with Gasteiger partial charge in [-0.3, -0.25) is 4.57 Å². The fourth-order valence-electron chi connectivity index (χ4n) is 3.19. The lowest BCUT2D eigenvalue weighted by atomic mass is 9.95. The number of imidazole rings is 1.